The molecule has 0 radical (unpaired) electrons. The molecule has 0 amide bonds. The Morgan fingerprint density at radius 3 is 2.81 bits per heavy atom. The number of fused-ring (bicyclic) bond motifs is 1. The van der Waals surface area contributed by atoms with Crippen molar-refractivity contribution in [2.75, 3.05) is 0 Å². The Labute approximate surface area is 97.0 Å². The van der Waals surface area contributed by atoms with Crippen LogP contribution in [0, 0.1) is 0 Å². The summed E-state index contributed by atoms with van der Waals surface area (Å²) in [6, 6.07) is 0.328. The number of aryl methyl sites for hydroxylation is 1. The van der Waals surface area contributed by atoms with Crippen molar-refractivity contribution in [2.24, 2.45) is 5.73 Å². The molecule has 1 atom stereocenters. The SMILES string of the molecule is NC1CCn2cc(C3CCCCC3)nc2C1. The van der Waals surface area contributed by atoms with Gasteiger partial charge in [-0.3, -0.25) is 0 Å². The molecule has 0 saturated heterocycles. The standard InChI is InChI=1S/C13H21N3/c14-11-6-7-16-9-12(15-13(16)8-11)10-4-2-1-3-5-10/h9-11H,1-8,14H2. The van der Waals surface area contributed by atoms with Crippen LogP contribution in [-0.4, -0.2) is 15.6 Å². The van der Waals surface area contributed by atoms with Crippen LogP contribution in [0.15, 0.2) is 6.20 Å². The summed E-state index contributed by atoms with van der Waals surface area (Å²) in [5, 5.41) is 0. The fraction of sp³-hybridized carbons (Fsp3) is 0.769. The average Bonchev–Trinajstić information content (AvgIpc) is 2.73. The maximum Gasteiger partial charge on any atom is 0.110 e. The van der Waals surface area contributed by atoms with Crippen LogP contribution < -0.4 is 5.73 Å². The Morgan fingerprint density at radius 2 is 2.00 bits per heavy atom. The van der Waals surface area contributed by atoms with Crippen LogP contribution in [0.25, 0.3) is 0 Å². The van der Waals surface area contributed by atoms with E-state index in [1.54, 1.807) is 0 Å². The van der Waals surface area contributed by atoms with E-state index in [1.807, 2.05) is 0 Å². The van der Waals surface area contributed by atoms with Gasteiger partial charge in [0.15, 0.2) is 0 Å². The predicted octanol–water partition coefficient (Wildman–Crippen LogP) is 2.20. The fourth-order valence-electron chi connectivity index (χ4n) is 3.07. The lowest BCUT2D eigenvalue weighted by Crippen LogP contribution is -2.30. The van der Waals surface area contributed by atoms with Crippen LogP contribution in [0.4, 0.5) is 0 Å². The maximum absolute atomic E-state index is 5.98. The normalized spacial score (nSPS) is 26.7. The van der Waals surface area contributed by atoms with E-state index in [2.05, 4.69) is 10.8 Å². The van der Waals surface area contributed by atoms with Crippen LogP contribution in [0.3, 0.4) is 0 Å². The van der Waals surface area contributed by atoms with E-state index in [0.717, 1.165) is 25.3 Å². The van der Waals surface area contributed by atoms with Crippen molar-refractivity contribution < 1.29 is 0 Å². The van der Waals surface area contributed by atoms with Gasteiger partial charge in [0, 0.05) is 31.1 Å². The van der Waals surface area contributed by atoms with Crippen molar-refractivity contribution in [3.63, 3.8) is 0 Å². The molecule has 1 aromatic heterocycles. The summed E-state index contributed by atoms with van der Waals surface area (Å²) in [5.41, 5.74) is 7.32. The molecule has 16 heavy (non-hydrogen) atoms. The Balaban J connectivity index is 1.80. The molecular formula is C13H21N3. The molecule has 2 aliphatic rings. The van der Waals surface area contributed by atoms with Gasteiger partial charge in [0.2, 0.25) is 0 Å². The van der Waals surface area contributed by atoms with Crippen LogP contribution in [0.5, 0.6) is 0 Å². The van der Waals surface area contributed by atoms with Crippen molar-refractivity contribution in [3.05, 3.63) is 17.7 Å². The molecule has 0 bridgehead atoms. The van der Waals surface area contributed by atoms with Crippen LogP contribution >= 0.6 is 0 Å². The van der Waals surface area contributed by atoms with Crippen molar-refractivity contribution in [1.82, 2.24) is 9.55 Å². The first-order valence-electron chi connectivity index (χ1n) is 6.64. The third-order valence-corrected chi connectivity index (χ3v) is 4.09. The molecule has 3 heteroatoms. The van der Waals surface area contributed by atoms with E-state index < -0.39 is 0 Å². The summed E-state index contributed by atoms with van der Waals surface area (Å²) in [4.78, 5) is 4.81. The highest BCUT2D eigenvalue weighted by molar-refractivity contribution is 5.12. The highest BCUT2D eigenvalue weighted by Crippen LogP contribution is 2.32. The first-order chi connectivity index (χ1) is 7.83. The number of hydrogen-bond donors (Lipinski definition) is 1. The van der Waals surface area contributed by atoms with Crippen molar-refractivity contribution >= 4 is 0 Å². The summed E-state index contributed by atoms with van der Waals surface area (Å²) in [6.45, 7) is 1.07. The lowest BCUT2D eigenvalue weighted by atomic mass is 9.87. The molecule has 1 saturated carbocycles. The zero-order chi connectivity index (χ0) is 11.0. The largest absolute Gasteiger partial charge is 0.335 e. The monoisotopic (exact) mass is 219 g/mol. The third-order valence-electron chi connectivity index (χ3n) is 4.09. The van der Waals surface area contributed by atoms with Crippen molar-refractivity contribution in [3.8, 4) is 0 Å². The van der Waals surface area contributed by atoms with Gasteiger partial charge < -0.3 is 10.3 Å². The number of hydrogen-bond acceptors (Lipinski definition) is 2. The second-order valence-corrected chi connectivity index (χ2v) is 5.36. The van der Waals surface area contributed by atoms with Crippen LogP contribution in [0.1, 0.15) is 56.0 Å². The van der Waals surface area contributed by atoms with Gasteiger partial charge in [0.25, 0.3) is 0 Å². The Morgan fingerprint density at radius 1 is 1.19 bits per heavy atom. The predicted molar refractivity (Wildman–Crippen MR) is 64.3 cm³/mol. The minimum Gasteiger partial charge on any atom is -0.335 e. The molecule has 1 unspecified atom stereocenters. The Kier molecular flexibility index (Phi) is 2.72. The summed E-state index contributed by atoms with van der Waals surface area (Å²) in [5.74, 6) is 1.95. The van der Waals surface area contributed by atoms with Gasteiger partial charge in [-0.15, -0.1) is 0 Å². The third kappa shape index (κ3) is 1.88. The summed E-state index contributed by atoms with van der Waals surface area (Å²) in [6.07, 6.45) is 11.2. The second-order valence-electron chi connectivity index (χ2n) is 5.36. The van der Waals surface area contributed by atoms with E-state index in [0.29, 0.717) is 6.04 Å². The van der Waals surface area contributed by atoms with Crippen LogP contribution in [-0.2, 0) is 13.0 Å². The van der Waals surface area contributed by atoms with Gasteiger partial charge in [0.05, 0.1) is 5.69 Å². The van der Waals surface area contributed by atoms with E-state index in [1.165, 1.54) is 43.6 Å². The lowest BCUT2D eigenvalue weighted by Gasteiger charge is -2.19. The smallest absolute Gasteiger partial charge is 0.110 e. The quantitative estimate of drug-likeness (QED) is 0.787. The molecule has 1 aromatic rings. The number of nitrogens with zero attached hydrogens (tertiary/aromatic N) is 2. The summed E-state index contributed by atoms with van der Waals surface area (Å²) in [7, 11) is 0. The Bertz CT molecular complexity index is 363. The lowest BCUT2D eigenvalue weighted by molar-refractivity contribution is 0.437. The van der Waals surface area contributed by atoms with Gasteiger partial charge in [-0.25, -0.2) is 4.98 Å². The highest BCUT2D eigenvalue weighted by Gasteiger charge is 2.22. The van der Waals surface area contributed by atoms with Gasteiger partial charge in [-0.2, -0.15) is 0 Å². The molecule has 88 valence electrons. The van der Waals surface area contributed by atoms with E-state index >= 15 is 0 Å². The zero-order valence-electron chi connectivity index (χ0n) is 9.86. The molecule has 1 fully saturated rings. The van der Waals surface area contributed by atoms with Crippen LogP contribution in [0.2, 0.25) is 0 Å². The number of aromatic nitrogens is 2. The number of nitrogens with two attached hydrogens (primary N) is 1. The molecule has 2 N–H and O–H groups in total. The van der Waals surface area contributed by atoms with Gasteiger partial charge in [0.1, 0.15) is 5.82 Å². The van der Waals surface area contributed by atoms with Crippen molar-refractivity contribution in [1.29, 1.82) is 0 Å². The molecular weight excluding hydrogens is 198 g/mol. The first-order valence-corrected chi connectivity index (χ1v) is 6.64. The van der Waals surface area contributed by atoms with Gasteiger partial charge >= 0.3 is 0 Å². The zero-order valence-corrected chi connectivity index (χ0v) is 9.86. The molecule has 3 rings (SSSR count). The molecule has 0 aromatic carbocycles. The first kappa shape index (κ1) is 10.3. The number of rotatable bonds is 1. The van der Waals surface area contributed by atoms with E-state index in [-0.39, 0.29) is 0 Å². The average molecular weight is 219 g/mol. The minimum absolute atomic E-state index is 0.328. The van der Waals surface area contributed by atoms with E-state index in [4.69, 9.17) is 10.7 Å². The maximum atomic E-state index is 5.98. The van der Waals surface area contributed by atoms with E-state index in [9.17, 15) is 0 Å². The minimum atomic E-state index is 0.328. The molecule has 1 aliphatic heterocycles. The summed E-state index contributed by atoms with van der Waals surface area (Å²) >= 11 is 0. The van der Waals surface area contributed by atoms with Crippen molar-refractivity contribution in [2.45, 2.75) is 63.5 Å². The topological polar surface area (TPSA) is 43.8 Å². The fourth-order valence-corrected chi connectivity index (χ4v) is 3.07. The van der Waals surface area contributed by atoms with Gasteiger partial charge in [-0.1, -0.05) is 19.3 Å². The highest BCUT2D eigenvalue weighted by atomic mass is 15.1. The molecule has 2 heterocycles. The van der Waals surface area contributed by atoms with Gasteiger partial charge in [-0.05, 0) is 19.3 Å². The molecule has 3 nitrogen and oxygen atoms in total. The molecule has 1 aliphatic carbocycles. The number of imidazole rings is 1. The molecule has 0 spiro atoms. The summed E-state index contributed by atoms with van der Waals surface area (Å²) < 4.78 is 2.33. The Hall–Kier alpha value is -0.830. The second kappa shape index (κ2) is 4.21.